The van der Waals surface area contributed by atoms with Gasteiger partial charge in [0.05, 0.1) is 10.6 Å². The Morgan fingerprint density at radius 2 is 2.12 bits per heavy atom. The summed E-state index contributed by atoms with van der Waals surface area (Å²) in [6.07, 6.45) is 2.44. The fourth-order valence-corrected chi connectivity index (χ4v) is 2.32. The van der Waals surface area contributed by atoms with E-state index in [-0.39, 0.29) is 5.91 Å². The van der Waals surface area contributed by atoms with Gasteiger partial charge in [-0.15, -0.1) is 0 Å². The fourth-order valence-electron chi connectivity index (χ4n) is 2.12. The lowest BCUT2D eigenvalue weighted by Gasteiger charge is -2.18. The number of anilines is 1. The molecule has 0 aromatic heterocycles. The third-order valence-electron chi connectivity index (χ3n) is 3.00. The van der Waals surface area contributed by atoms with E-state index in [2.05, 4.69) is 10.2 Å². The van der Waals surface area contributed by atoms with Crippen molar-refractivity contribution < 1.29 is 4.79 Å². The Morgan fingerprint density at radius 3 is 2.76 bits per heavy atom. The first-order chi connectivity index (χ1) is 8.22. The molecule has 1 heterocycles. The smallest absolute Gasteiger partial charge is 0.252 e. The predicted molar refractivity (Wildman–Crippen MR) is 70.9 cm³/mol. The molecule has 1 amide bonds. The average molecular weight is 253 g/mol. The zero-order valence-electron chi connectivity index (χ0n) is 10.0. The van der Waals surface area contributed by atoms with Gasteiger partial charge in [0.2, 0.25) is 0 Å². The molecule has 0 radical (unpaired) electrons. The molecule has 0 saturated carbocycles. The van der Waals surface area contributed by atoms with Gasteiger partial charge < -0.3 is 10.2 Å². The molecule has 1 aliphatic rings. The molecular formula is C13H17ClN2O. The number of rotatable bonds is 3. The van der Waals surface area contributed by atoms with E-state index >= 15 is 0 Å². The van der Waals surface area contributed by atoms with Crippen molar-refractivity contribution in [1.29, 1.82) is 0 Å². The molecule has 1 saturated heterocycles. The highest BCUT2D eigenvalue weighted by molar-refractivity contribution is 6.34. The largest absolute Gasteiger partial charge is 0.372 e. The van der Waals surface area contributed by atoms with Crippen LogP contribution in [0.25, 0.3) is 0 Å². The molecule has 2 rings (SSSR count). The summed E-state index contributed by atoms with van der Waals surface area (Å²) in [4.78, 5) is 14.1. The van der Waals surface area contributed by atoms with Crippen LogP contribution in [-0.2, 0) is 0 Å². The van der Waals surface area contributed by atoms with Crippen LogP contribution in [0, 0.1) is 0 Å². The van der Waals surface area contributed by atoms with Crippen LogP contribution in [0.1, 0.15) is 30.1 Å². The van der Waals surface area contributed by atoms with Crippen LogP contribution in [0.2, 0.25) is 5.02 Å². The average Bonchev–Trinajstić information content (AvgIpc) is 2.83. The number of halogens is 1. The minimum atomic E-state index is -0.0986. The third-order valence-corrected chi connectivity index (χ3v) is 3.33. The van der Waals surface area contributed by atoms with Gasteiger partial charge in [-0.05, 0) is 38.0 Å². The normalized spacial score (nSPS) is 15.1. The van der Waals surface area contributed by atoms with E-state index in [1.165, 1.54) is 12.8 Å². The molecular weight excluding hydrogens is 236 g/mol. The van der Waals surface area contributed by atoms with Crippen molar-refractivity contribution in [2.45, 2.75) is 19.8 Å². The number of nitrogens with one attached hydrogen (secondary N) is 1. The number of benzene rings is 1. The first kappa shape index (κ1) is 12.2. The SMILES string of the molecule is CCNC(=O)c1cc(N2CCCC2)ccc1Cl. The first-order valence-corrected chi connectivity index (χ1v) is 6.43. The summed E-state index contributed by atoms with van der Waals surface area (Å²) in [6, 6.07) is 5.68. The third kappa shape index (κ3) is 2.72. The fraction of sp³-hybridized carbons (Fsp3) is 0.462. The minimum absolute atomic E-state index is 0.0986. The second-order valence-corrected chi connectivity index (χ2v) is 4.62. The van der Waals surface area contributed by atoms with E-state index in [9.17, 15) is 4.79 Å². The van der Waals surface area contributed by atoms with E-state index in [0.29, 0.717) is 17.1 Å². The second-order valence-electron chi connectivity index (χ2n) is 4.22. The van der Waals surface area contributed by atoms with Crippen LogP contribution in [-0.4, -0.2) is 25.5 Å². The highest BCUT2D eigenvalue weighted by Gasteiger charge is 2.16. The molecule has 0 unspecified atom stereocenters. The number of carbonyl (C=O) groups is 1. The zero-order chi connectivity index (χ0) is 12.3. The van der Waals surface area contributed by atoms with Crippen LogP contribution in [0.15, 0.2) is 18.2 Å². The van der Waals surface area contributed by atoms with Crippen molar-refractivity contribution in [3.05, 3.63) is 28.8 Å². The van der Waals surface area contributed by atoms with Crippen molar-refractivity contribution in [2.24, 2.45) is 0 Å². The Bertz CT molecular complexity index is 414. The van der Waals surface area contributed by atoms with E-state index < -0.39 is 0 Å². The van der Waals surface area contributed by atoms with Crippen LogP contribution in [0.4, 0.5) is 5.69 Å². The molecule has 0 spiro atoms. The summed E-state index contributed by atoms with van der Waals surface area (Å²) in [5, 5.41) is 3.29. The van der Waals surface area contributed by atoms with Gasteiger partial charge in [-0.1, -0.05) is 11.6 Å². The maximum absolute atomic E-state index is 11.8. The van der Waals surface area contributed by atoms with Crippen molar-refractivity contribution in [1.82, 2.24) is 5.32 Å². The number of amides is 1. The lowest BCUT2D eigenvalue weighted by atomic mass is 10.1. The Kier molecular flexibility index (Phi) is 3.89. The summed E-state index contributed by atoms with van der Waals surface area (Å²) >= 11 is 6.05. The first-order valence-electron chi connectivity index (χ1n) is 6.05. The van der Waals surface area contributed by atoms with Gasteiger partial charge in [-0.3, -0.25) is 4.79 Å². The van der Waals surface area contributed by atoms with E-state index in [0.717, 1.165) is 18.8 Å². The van der Waals surface area contributed by atoms with Gasteiger partial charge in [-0.2, -0.15) is 0 Å². The van der Waals surface area contributed by atoms with Gasteiger partial charge in [0.25, 0.3) is 5.91 Å². The topological polar surface area (TPSA) is 32.3 Å². The quantitative estimate of drug-likeness (QED) is 0.897. The predicted octanol–water partition coefficient (Wildman–Crippen LogP) is 2.69. The summed E-state index contributed by atoms with van der Waals surface area (Å²) in [7, 11) is 0. The highest BCUT2D eigenvalue weighted by atomic mass is 35.5. The Morgan fingerprint density at radius 1 is 1.41 bits per heavy atom. The Hall–Kier alpha value is -1.22. The molecule has 0 aliphatic carbocycles. The summed E-state index contributed by atoms with van der Waals surface area (Å²) in [6.45, 7) is 4.65. The van der Waals surface area contributed by atoms with Gasteiger partial charge in [0.1, 0.15) is 0 Å². The highest BCUT2D eigenvalue weighted by Crippen LogP contribution is 2.25. The van der Waals surface area contributed by atoms with E-state index in [1.807, 2.05) is 19.1 Å². The number of hydrogen-bond donors (Lipinski definition) is 1. The molecule has 0 bridgehead atoms. The summed E-state index contributed by atoms with van der Waals surface area (Å²) in [5.74, 6) is -0.0986. The zero-order valence-corrected chi connectivity index (χ0v) is 10.8. The molecule has 1 aromatic rings. The maximum Gasteiger partial charge on any atom is 0.252 e. The van der Waals surface area contributed by atoms with Crippen LogP contribution in [0.3, 0.4) is 0 Å². The van der Waals surface area contributed by atoms with E-state index in [4.69, 9.17) is 11.6 Å². The number of nitrogens with zero attached hydrogens (tertiary/aromatic N) is 1. The van der Waals surface area contributed by atoms with Crippen LogP contribution < -0.4 is 10.2 Å². The summed E-state index contributed by atoms with van der Waals surface area (Å²) < 4.78 is 0. The van der Waals surface area contributed by atoms with Crippen molar-refractivity contribution in [3.8, 4) is 0 Å². The molecule has 4 heteroatoms. The Labute approximate surface area is 107 Å². The molecule has 1 N–H and O–H groups in total. The lowest BCUT2D eigenvalue weighted by molar-refractivity contribution is 0.0956. The molecule has 1 aromatic carbocycles. The van der Waals surface area contributed by atoms with Gasteiger partial charge in [0, 0.05) is 25.3 Å². The lowest BCUT2D eigenvalue weighted by Crippen LogP contribution is -2.24. The maximum atomic E-state index is 11.8. The minimum Gasteiger partial charge on any atom is -0.372 e. The van der Waals surface area contributed by atoms with E-state index in [1.54, 1.807) is 6.07 Å². The monoisotopic (exact) mass is 252 g/mol. The molecule has 3 nitrogen and oxygen atoms in total. The van der Waals surface area contributed by atoms with Crippen LogP contribution in [0.5, 0.6) is 0 Å². The molecule has 17 heavy (non-hydrogen) atoms. The van der Waals surface area contributed by atoms with Gasteiger partial charge >= 0.3 is 0 Å². The van der Waals surface area contributed by atoms with Crippen molar-refractivity contribution in [3.63, 3.8) is 0 Å². The van der Waals surface area contributed by atoms with Crippen molar-refractivity contribution >= 4 is 23.2 Å². The van der Waals surface area contributed by atoms with Gasteiger partial charge in [-0.25, -0.2) is 0 Å². The van der Waals surface area contributed by atoms with Crippen LogP contribution >= 0.6 is 11.6 Å². The van der Waals surface area contributed by atoms with Crippen molar-refractivity contribution in [2.75, 3.05) is 24.5 Å². The Balaban J connectivity index is 2.25. The summed E-state index contributed by atoms with van der Waals surface area (Å²) in [5.41, 5.74) is 1.66. The number of hydrogen-bond acceptors (Lipinski definition) is 2. The second kappa shape index (κ2) is 5.41. The molecule has 92 valence electrons. The standard InChI is InChI=1S/C13H17ClN2O/c1-2-15-13(17)11-9-10(5-6-12(11)14)16-7-3-4-8-16/h5-6,9H,2-4,7-8H2,1H3,(H,15,17). The molecule has 1 fully saturated rings. The number of carbonyl (C=O) groups excluding carboxylic acids is 1. The molecule has 0 atom stereocenters. The van der Waals surface area contributed by atoms with Gasteiger partial charge in [0.15, 0.2) is 0 Å². The molecule has 1 aliphatic heterocycles.